The number of rotatable bonds is 12. The SMILES string of the molecule is [C-]#[N+]c1ccc(-n2c(=O)n(Cc3ccc(N4CCC(CN(C(C)C)C5CC(Oc6ccc(C(=O)OC)c(C(=O)OC)c6)C5)CC4)cc3)c3ccccc32)cc1C. The number of piperidine rings is 1. The highest BCUT2D eigenvalue weighted by Crippen LogP contribution is 2.34. The van der Waals surface area contributed by atoms with Crippen LogP contribution in [-0.4, -0.2) is 78.0 Å². The number of hydrogen-bond donors (Lipinski definition) is 0. The molecule has 0 N–H and O–H groups in total. The molecule has 1 saturated carbocycles. The number of fused-ring (bicyclic) bond motifs is 1. The molecule has 0 bridgehead atoms. The van der Waals surface area contributed by atoms with E-state index in [1.807, 2.05) is 47.9 Å². The van der Waals surface area contributed by atoms with Crippen LogP contribution in [0.3, 0.4) is 0 Å². The molecule has 1 aliphatic carbocycles. The first kappa shape index (κ1) is 38.4. The number of ether oxygens (including phenoxy) is 3. The monoisotopic (exact) mass is 755 g/mol. The van der Waals surface area contributed by atoms with E-state index in [9.17, 15) is 14.4 Å². The summed E-state index contributed by atoms with van der Waals surface area (Å²) in [6.07, 6.45) is 4.07. The average molecular weight is 756 g/mol. The highest BCUT2D eigenvalue weighted by Gasteiger charge is 2.38. The molecule has 2 fully saturated rings. The number of carbonyl (C=O) groups excluding carboxylic acids is 2. The number of hydrogen-bond acceptors (Lipinski definition) is 8. The molecule has 0 radical (unpaired) electrons. The maximum atomic E-state index is 13.9. The van der Waals surface area contributed by atoms with Crippen LogP contribution in [0.2, 0.25) is 0 Å². The van der Waals surface area contributed by atoms with E-state index >= 15 is 0 Å². The number of methoxy groups -OCH3 is 2. The molecule has 2 heterocycles. The first-order chi connectivity index (χ1) is 27.1. The first-order valence-electron chi connectivity index (χ1n) is 19.3. The van der Waals surface area contributed by atoms with Crippen molar-refractivity contribution in [2.24, 2.45) is 5.92 Å². The Hall–Kier alpha value is -5.86. The van der Waals surface area contributed by atoms with Crippen molar-refractivity contribution >= 4 is 34.3 Å². The summed E-state index contributed by atoms with van der Waals surface area (Å²) in [5.41, 5.74) is 6.35. The standard InChI is InChI=1S/C45H49N5O6/c1-29(2)48(35-24-37(25-35)56-36-16-17-38(43(51)54-5)39(26-36)44(52)55-6)27-32-19-21-47(22-20-32)33-13-11-31(12-14-33)28-49-41-9-7-8-10-42(41)50(45(49)53)34-15-18-40(46-4)30(3)23-34/h7-18,23,26,29,32,35,37H,19-22,24-25,27-28H2,1-3,5-6H3. The van der Waals surface area contributed by atoms with Crippen molar-refractivity contribution in [2.45, 2.75) is 71.2 Å². The van der Waals surface area contributed by atoms with Gasteiger partial charge in [0.2, 0.25) is 0 Å². The lowest BCUT2D eigenvalue weighted by atomic mass is 9.85. The van der Waals surface area contributed by atoms with Gasteiger partial charge in [-0.1, -0.05) is 30.3 Å². The van der Waals surface area contributed by atoms with E-state index < -0.39 is 11.9 Å². The molecule has 290 valence electrons. The molecule has 0 spiro atoms. The minimum atomic E-state index is -0.608. The topological polar surface area (TPSA) is 99.6 Å². The lowest BCUT2D eigenvalue weighted by Gasteiger charge is -2.46. The van der Waals surface area contributed by atoms with Crippen molar-refractivity contribution in [3.63, 3.8) is 0 Å². The molecule has 0 unspecified atom stereocenters. The largest absolute Gasteiger partial charge is 0.490 e. The van der Waals surface area contributed by atoms with Gasteiger partial charge in [0.25, 0.3) is 0 Å². The Morgan fingerprint density at radius 3 is 2.16 bits per heavy atom. The van der Waals surface area contributed by atoms with Crippen molar-refractivity contribution in [3.8, 4) is 11.4 Å². The number of benzene rings is 4. The van der Waals surface area contributed by atoms with Crippen molar-refractivity contribution in [1.29, 1.82) is 0 Å². The minimum absolute atomic E-state index is 0.0329. The van der Waals surface area contributed by atoms with Crippen LogP contribution in [0.5, 0.6) is 5.75 Å². The number of aryl methyl sites for hydroxylation is 1. The third-order valence-electron chi connectivity index (χ3n) is 11.4. The zero-order valence-electron chi connectivity index (χ0n) is 32.7. The van der Waals surface area contributed by atoms with Crippen molar-refractivity contribution < 1.29 is 23.8 Å². The molecule has 0 amide bonds. The van der Waals surface area contributed by atoms with Crippen molar-refractivity contribution in [1.82, 2.24) is 14.0 Å². The zero-order valence-corrected chi connectivity index (χ0v) is 32.7. The Morgan fingerprint density at radius 2 is 1.52 bits per heavy atom. The zero-order chi connectivity index (χ0) is 39.5. The summed E-state index contributed by atoms with van der Waals surface area (Å²) in [5.74, 6) is -0.0638. The van der Waals surface area contributed by atoms with Gasteiger partial charge in [-0.3, -0.25) is 14.0 Å². The van der Waals surface area contributed by atoms with E-state index in [1.165, 1.54) is 19.9 Å². The molecule has 7 rings (SSSR count). The van der Waals surface area contributed by atoms with Gasteiger partial charge in [0.15, 0.2) is 5.69 Å². The van der Waals surface area contributed by atoms with E-state index in [4.69, 9.17) is 20.8 Å². The molecule has 56 heavy (non-hydrogen) atoms. The number of aromatic nitrogens is 2. The first-order valence-corrected chi connectivity index (χ1v) is 19.3. The summed E-state index contributed by atoms with van der Waals surface area (Å²) >= 11 is 0. The summed E-state index contributed by atoms with van der Waals surface area (Å²) < 4.78 is 19.5. The third kappa shape index (κ3) is 7.80. The van der Waals surface area contributed by atoms with Crippen LogP contribution in [0.1, 0.15) is 71.4 Å². The predicted octanol–water partition coefficient (Wildman–Crippen LogP) is 7.81. The second-order valence-electron chi connectivity index (χ2n) is 15.2. The number of carbonyl (C=O) groups is 2. The maximum Gasteiger partial charge on any atom is 0.338 e. The van der Waals surface area contributed by atoms with Gasteiger partial charge in [0.1, 0.15) is 11.9 Å². The molecular weight excluding hydrogens is 707 g/mol. The van der Waals surface area contributed by atoms with Gasteiger partial charge in [0, 0.05) is 55.9 Å². The fraction of sp³-hybridized carbons (Fsp3) is 0.378. The molecule has 4 aromatic carbocycles. The number of anilines is 1. The van der Waals surface area contributed by atoms with E-state index in [-0.39, 0.29) is 22.9 Å². The fourth-order valence-electron chi connectivity index (χ4n) is 8.22. The normalized spacial score (nSPS) is 17.1. The van der Waals surface area contributed by atoms with Crippen molar-refractivity contribution in [2.75, 3.05) is 38.8 Å². The molecule has 0 atom stereocenters. The van der Waals surface area contributed by atoms with Gasteiger partial charge in [-0.15, -0.1) is 0 Å². The van der Waals surface area contributed by atoms with Gasteiger partial charge in [0.05, 0.1) is 49.5 Å². The molecule has 11 heteroatoms. The maximum absolute atomic E-state index is 13.9. The minimum Gasteiger partial charge on any atom is -0.490 e. The lowest BCUT2D eigenvalue weighted by Crippen LogP contribution is -2.53. The molecule has 1 aromatic heterocycles. The van der Waals surface area contributed by atoms with Crippen LogP contribution in [0.25, 0.3) is 21.6 Å². The van der Waals surface area contributed by atoms with Crippen LogP contribution >= 0.6 is 0 Å². The lowest BCUT2D eigenvalue weighted by molar-refractivity contribution is -0.00664. The van der Waals surface area contributed by atoms with Gasteiger partial charge >= 0.3 is 17.6 Å². The van der Waals surface area contributed by atoms with Crippen LogP contribution in [0, 0.1) is 19.4 Å². The van der Waals surface area contributed by atoms with Gasteiger partial charge in [-0.25, -0.2) is 19.2 Å². The smallest absolute Gasteiger partial charge is 0.338 e. The summed E-state index contributed by atoms with van der Waals surface area (Å²) in [6.45, 7) is 17.3. The van der Waals surface area contributed by atoms with E-state index in [1.54, 1.807) is 28.8 Å². The Bertz CT molecular complexity index is 2320. The second kappa shape index (κ2) is 16.5. The second-order valence-corrected chi connectivity index (χ2v) is 15.2. The summed E-state index contributed by atoms with van der Waals surface area (Å²) in [6, 6.07) is 27.7. The average Bonchev–Trinajstić information content (AvgIpc) is 3.48. The molecule has 5 aromatic rings. The Balaban J connectivity index is 0.940. The summed E-state index contributed by atoms with van der Waals surface area (Å²) in [5, 5.41) is 0. The Morgan fingerprint density at radius 1 is 0.857 bits per heavy atom. The number of esters is 2. The highest BCUT2D eigenvalue weighted by atomic mass is 16.5. The van der Waals surface area contributed by atoms with Crippen LogP contribution < -0.4 is 15.3 Å². The summed E-state index contributed by atoms with van der Waals surface area (Å²) in [7, 11) is 2.56. The summed E-state index contributed by atoms with van der Waals surface area (Å²) in [4.78, 5) is 47.1. The van der Waals surface area contributed by atoms with Gasteiger partial charge in [-0.2, -0.15) is 0 Å². The molecule has 2 aliphatic rings. The quantitative estimate of drug-likeness (QED) is 0.0940. The van der Waals surface area contributed by atoms with Crippen molar-refractivity contribution in [3.05, 3.63) is 129 Å². The fourth-order valence-corrected chi connectivity index (χ4v) is 8.22. The molecule has 1 aliphatic heterocycles. The van der Waals surface area contributed by atoms with E-state index in [0.717, 1.165) is 73.2 Å². The Labute approximate surface area is 327 Å². The molecular formula is C45H49N5O6. The number of nitrogens with zero attached hydrogens (tertiary/aromatic N) is 5. The molecule has 11 nitrogen and oxygen atoms in total. The van der Waals surface area contributed by atoms with Crippen LogP contribution in [0.4, 0.5) is 11.4 Å². The third-order valence-corrected chi connectivity index (χ3v) is 11.4. The van der Waals surface area contributed by atoms with Gasteiger partial charge < -0.3 is 19.1 Å². The number of para-hydroxylation sites is 2. The predicted molar refractivity (Wildman–Crippen MR) is 217 cm³/mol. The van der Waals surface area contributed by atoms with E-state index in [0.29, 0.717) is 36.0 Å². The van der Waals surface area contributed by atoms with Crippen LogP contribution in [0.15, 0.2) is 89.7 Å². The van der Waals surface area contributed by atoms with E-state index in [2.05, 4.69) is 52.8 Å². The highest BCUT2D eigenvalue weighted by molar-refractivity contribution is 6.03. The molecule has 1 saturated heterocycles. The van der Waals surface area contributed by atoms with Crippen LogP contribution in [-0.2, 0) is 16.0 Å². The number of imidazole rings is 1. The Kier molecular flexibility index (Phi) is 11.3. The van der Waals surface area contributed by atoms with Gasteiger partial charge in [-0.05, 0) is 105 Å².